The van der Waals surface area contributed by atoms with Crippen molar-refractivity contribution in [2.24, 2.45) is 0 Å². The summed E-state index contributed by atoms with van der Waals surface area (Å²) in [6.07, 6.45) is 0.438. The van der Waals surface area contributed by atoms with Crippen LogP contribution in [0.2, 0.25) is 0 Å². The summed E-state index contributed by atoms with van der Waals surface area (Å²) in [5, 5.41) is 0. The lowest BCUT2D eigenvalue weighted by atomic mass is 9.71. The van der Waals surface area contributed by atoms with Crippen molar-refractivity contribution < 1.29 is 28.6 Å². The highest BCUT2D eigenvalue weighted by Gasteiger charge is 2.52. The highest BCUT2D eigenvalue weighted by atomic mass is 16.6. The highest BCUT2D eigenvalue weighted by Crippen LogP contribution is 2.53. The maximum absolute atomic E-state index is 13.0. The third-order valence-corrected chi connectivity index (χ3v) is 5.88. The Hall–Kier alpha value is -4.33. The van der Waals surface area contributed by atoms with Crippen molar-refractivity contribution in [3.8, 4) is 11.5 Å². The zero-order valence-corrected chi connectivity index (χ0v) is 17.9. The highest BCUT2D eigenvalue weighted by molar-refractivity contribution is 5.99. The van der Waals surface area contributed by atoms with Crippen molar-refractivity contribution in [1.29, 1.82) is 0 Å². The first kappa shape index (κ1) is 20.6. The average molecular weight is 444 g/mol. The SMILES string of the molecule is CC(=O)Oc1ccc2c(c1)Cc1cc(OC(C)=O)ccc1C21OC(=O)c2cc(N)c(N)cc21. The molecule has 1 spiro atoms. The van der Waals surface area contributed by atoms with Gasteiger partial charge in [-0.1, -0.05) is 12.1 Å². The van der Waals surface area contributed by atoms with Crippen molar-refractivity contribution in [1.82, 2.24) is 0 Å². The molecule has 0 radical (unpaired) electrons. The summed E-state index contributed by atoms with van der Waals surface area (Å²) in [5.74, 6) is -0.670. The molecule has 2 aliphatic rings. The number of carbonyl (C=O) groups excluding carboxylic acids is 3. The minimum atomic E-state index is -1.28. The van der Waals surface area contributed by atoms with E-state index in [1.54, 1.807) is 42.5 Å². The van der Waals surface area contributed by atoms with E-state index in [1.165, 1.54) is 19.9 Å². The lowest BCUT2D eigenvalue weighted by Crippen LogP contribution is -2.35. The zero-order valence-electron chi connectivity index (χ0n) is 17.9. The molecule has 166 valence electrons. The first-order valence-electron chi connectivity index (χ1n) is 10.3. The van der Waals surface area contributed by atoms with E-state index in [9.17, 15) is 14.4 Å². The maximum atomic E-state index is 13.0. The Morgan fingerprint density at radius 2 is 1.33 bits per heavy atom. The van der Waals surface area contributed by atoms with Gasteiger partial charge in [0.05, 0.1) is 16.9 Å². The van der Waals surface area contributed by atoms with Crippen molar-refractivity contribution in [2.45, 2.75) is 25.9 Å². The summed E-state index contributed by atoms with van der Waals surface area (Å²) >= 11 is 0. The lowest BCUT2D eigenvalue weighted by molar-refractivity contribution is -0.132. The van der Waals surface area contributed by atoms with Gasteiger partial charge in [0.1, 0.15) is 11.5 Å². The van der Waals surface area contributed by atoms with Crippen LogP contribution in [0.4, 0.5) is 11.4 Å². The standard InChI is InChI=1S/C25H20N2O6/c1-12(28)31-16-3-5-19-14(8-16)7-15-9-17(32-13(2)29)4-6-20(15)25(19)21-11-23(27)22(26)10-18(21)24(30)33-25/h3-6,8-11H,7,26-27H2,1-2H3. The number of rotatable bonds is 2. The Morgan fingerprint density at radius 1 is 0.818 bits per heavy atom. The third kappa shape index (κ3) is 3.10. The maximum Gasteiger partial charge on any atom is 0.340 e. The Balaban J connectivity index is 1.79. The van der Waals surface area contributed by atoms with Gasteiger partial charge in [-0.3, -0.25) is 9.59 Å². The number of ether oxygens (including phenoxy) is 3. The van der Waals surface area contributed by atoms with Gasteiger partial charge in [-0.05, 0) is 53.9 Å². The number of carbonyl (C=O) groups is 3. The van der Waals surface area contributed by atoms with Crippen LogP contribution in [0.15, 0.2) is 48.5 Å². The summed E-state index contributed by atoms with van der Waals surface area (Å²) in [7, 11) is 0. The number of nitrogen functional groups attached to an aromatic ring is 2. The lowest BCUT2D eigenvalue weighted by Gasteiger charge is -2.37. The monoisotopic (exact) mass is 444 g/mol. The van der Waals surface area contributed by atoms with E-state index < -0.39 is 23.5 Å². The molecule has 8 heteroatoms. The van der Waals surface area contributed by atoms with Gasteiger partial charge in [-0.2, -0.15) is 0 Å². The van der Waals surface area contributed by atoms with E-state index >= 15 is 0 Å². The van der Waals surface area contributed by atoms with Gasteiger partial charge in [0.2, 0.25) is 0 Å². The molecular weight excluding hydrogens is 424 g/mol. The summed E-state index contributed by atoms with van der Waals surface area (Å²) < 4.78 is 16.6. The number of fused-ring (bicyclic) bond motifs is 6. The quantitative estimate of drug-likeness (QED) is 0.350. The average Bonchev–Trinajstić information content (AvgIpc) is 2.99. The number of hydrogen-bond donors (Lipinski definition) is 2. The summed E-state index contributed by atoms with van der Waals surface area (Å²) in [5.41, 5.74) is 15.3. The number of benzene rings is 3. The largest absolute Gasteiger partial charge is 0.441 e. The fourth-order valence-corrected chi connectivity index (χ4v) is 4.67. The summed E-state index contributed by atoms with van der Waals surface area (Å²) in [4.78, 5) is 36.0. The van der Waals surface area contributed by atoms with E-state index in [1.807, 2.05) is 0 Å². The van der Waals surface area contributed by atoms with Crippen LogP contribution >= 0.6 is 0 Å². The van der Waals surface area contributed by atoms with Gasteiger partial charge in [0, 0.05) is 30.5 Å². The van der Waals surface area contributed by atoms with Gasteiger partial charge >= 0.3 is 17.9 Å². The number of anilines is 2. The van der Waals surface area contributed by atoms with Crippen LogP contribution < -0.4 is 20.9 Å². The molecule has 0 atom stereocenters. The minimum absolute atomic E-state index is 0.286. The fraction of sp³-hybridized carbons (Fsp3) is 0.160. The summed E-state index contributed by atoms with van der Waals surface area (Å²) in [6.45, 7) is 2.65. The Morgan fingerprint density at radius 3 is 1.85 bits per heavy atom. The molecule has 1 aliphatic heterocycles. The Bertz CT molecular complexity index is 1310. The topological polar surface area (TPSA) is 131 Å². The smallest absolute Gasteiger partial charge is 0.340 e. The first-order chi connectivity index (χ1) is 15.7. The van der Waals surface area contributed by atoms with Crippen molar-refractivity contribution in [3.63, 3.8) is 0 Å². The molecule has 8 nitrogen and oxygen atoms in total. The van der Waals surface area contributed by atoms with E-state index in [4.69, 9.17) is 25.7 Å². The van der Waals surface area contributed by atoms with Crippen LogP contribution in [0, 0.1) is 0 Å². The van der Waals surface area contributed by atoms with Crippen LogP contribution in [0.3, 0.4) is 0 Å². The van der Waals surface area contributed by atoms with E-state index in [0.717, 1.165) is 22.3 Å². The zero-order chi connectivity index (χ0) is 23.5. The number of esters is 3. The van der Waals surface area contributed by atoms with Crippen molar-refractivity contribution >= 4 is 29.3 Å². The number of nitrogens with two attached hydrogens (primary N) is 2. The van der Waals surface area contributed by atoms with Crippen molar-refractivity contribution in [2.75, 3.05) is 11.5 Å². The molecule has 33 heavy (non-hydrogen) atoms. The predicted molar refractivity (Wildman–Crippen MR) is 119 cm³/mol. The Kier molecular flexibility index (Phi) is 4.42. The first-order valence-corrected chi connectivity index (χ1v) is 10.3. The van der Waals surface area contributed by atoms with E-state index in [0.29, 0.717) is 34.7 Å². The van der Waals surface area contributed by atoms with Crippen LogP contribution in [0.5, 0.6) is 11.5 Å². The van der Waals surface area contributed by atoms with E-state index in [-0.39, 0.29) is 5.69 Å². The molecule has 0 saturated carbocycles. The normalized spacial score (nSPS) is 14.7. The molecule has 4 N–H and O–H groups in total. The fourth-order valence-electron chi connectivity index (χ4n) is 4.67. The van der Waals surface area contributed by atoms with Gasteiger partial charge in [0.15, 0.2) is 5.60 Å². The van der Waals surface area contributed by atoms with Gasteiger partial charge in [-0.25, -0.2) is 4.79 Å². The molecule has 5 rings (SSSR count). The van der Waals surface area contributed by atoms with E-state index in [2.05, 4.69) is 0 Å². The summed E-state index contributed by atoms with van der Waals surface area (Å²) in [6, 6.07) is 13.6. The molecule has 0 fully saturated rings. The molecule has 0 saturated heterocycles. The molecule has 0 unspecified atom stereocenters. The minimum Gasteiger partial charge on any atom is -0.441 e. The third-order valence-electron chi connectivity index (χ3n) is 5.88. The molecule has 3 aromatic rings. The van der Waals surface area contributed by atoms with Crippen LogP contribution in [0.1, 0.15) is 52.0 Å². The second kappa shape index (κ2) is 7.09. The van der Waals surface area contributed by atoms with Gasteiger partial charge < -0.3 is 25.7 Å². The molecule has 1 heterocycles. The van der Waals surface area contributed by atoms with Crippen LogP contribution in [0.25, 0.3) is 0 Å². The predicted octanol–water partition coefficient (Wildman–Crippen LogP) is 3.07. The van der Waals surface area contributed by atoms with Crippen LogP contribution in [-0.2, 0) is 26.3 Å². The second-order valence-corrected chi connectivity index (χ2v) is 8.10. The van der Waals surface area contributed by atoms with Gasteiger partial charge in [-0.15, -0.1) is 0 Å². The molecular formula is C25H20N2O6. The molecule has 3 aromatic carbocycles. The van der Waals surface area contributed by atoms with Gasteiger partial charge in [0.25, 0.3) is 0 Å². The molecule has 1 aliphatic carbocycles. The van der Waals surface area contributed by atoms with Crippen molar-refractivity contribution in [3.05, 3.63) is 81.9 Å². The molecule has 0 bridgehead atoms. The number of hydrogen-bond acceptors (Lipinski definition) is 8. The molecule has 0 amide bonds. The second-order valence-electron chi connectivity index (χ2n) is 8.10. The Labute approximate surface area is 189 Å². The molecule has 0 aromatic heterocycles. The van der Waals surface area contributed by atoms with Crippen LogP contribution in [-0.4, -0.2) is 17.9 Å².